The van der Waals surface area contributed by atoms with Crippen LogP contribution in [0.3, 0.4) is 0 Å². The first kappa shape index (κ1) is 25.4. The number of nitrogens with one attached hydrogen (secondary N) is 1. The molecule has 5 N–H and O–H groups in total. The van der Waals surface area contributed by atoms with Crippen molar-refractivity contribution in [2.24, 2.45) is 11.5 Å². The lowest BCUT2D eigenvalue weighted by atomic mass is 10.1. The number of hydrogen-bond acceptors (Lipinski definition) is 4. The summed E-state index contributed by atoms with van der Waals surface area (Å²) >= 11 is 0. The molecule has 2 aromatic carbocycles. The Bertz CT molecular complexity index is 1510. The first-order chi connectivity index (χ1) is 17.4. The first-order valence-electron chi connectivity index (χ1n) is 11.1. The summed E-state index contributed by atoms with van der Waals surface area (Å²) in [4.78, 5) is 40.3. The van der Waals surface area contributed by atoms with Gasteiger partial charge in [0.15, 0.2) is 0 Å². The molecule has 2 aromatic heterocycles. The molecule has 0 aliphatic carbocycles. The Labute approximate surface area is 209 Å². The van der Waals surface area contributed by atoms with Gasteiger partial charge in [0.2, 0.25) is 5.91 Å². The van der Waals surface area contributed by atoms with Gasteiger partial charge in [-0.05, 0) is 48.9 Å². The number of carbonyl (C=O) groups excluding carboxylic acids is 3. The van der Waals surface area contributed by atoms with Crippen LogP contribution in [0.1, 0.15) is 38.9 Å². The number of aromatic nitrogens is 2. The molecule has 0 fully saturated rings. The maximum atomic E-state index is 13.1. The van der Waals surface area contributed by atoms with E-state index >= 15 is 0 Å². The molecule has 0 saturated heterocycles. The first-order valence-corrected chi connectivity index (χ1v) is 11.1. The Morgan fingerprint density at radius 3 is 2.35 bits per heavy atom. The number of hydrogen-bond donors (Lipinski definition) is 3. The van der Waals surface area contributed by atoms with Crippen LogP contribution in [-0.4, -0.2) is 33.3 Å². The molecule has 0 radical (unpaired) electrons. The van der Waals surface area contributed by atoms with Crippen molar-refractivity contribution in [3.63, 3.8) is 0 Å². The standard InChI is InChI=1S/C26H22F3N5O3/c1-14(23(30)35)32-25(37)19-13-34(12-15-5-8-17(9-6-15)26(27,28)29)22-10-7-16(11-18(19)22)20-3-2-4-21(33-20)24(31)36/h2-11,13-14H,12H2,1H3,(H2,30,35)(H2,31,36)(H,32,37)/t14-/m0/s1. The van der Waals surface area contributed by atoms with Crippen molar-refractivity contribution >= 4 is 28.6 Å². The van der Waals surface area contributed by atoms with Crippen LogP contribution in [0.4, 0.5) is 13.2 Å². The minimum atomic E-state index is -4.45. The van der Waals surface area contributed by atoms with E-state index in [0.29, 0.717) is 27.7 Å². The largest absolute Gasteiger partial charge is 0.416 e. The van der Waals surface area contributed by atoms with E-state index in [1.165, 1.54) is 25.1 Å². The second-order valence-corrected chi connectivity index (χ2v) is 8.47. The van der Waals surface area contributed by atoms with Crippen molar-refractivity contribution in [1.82, 2.24) is 14.9 Å². The topological polar surface area (TPSA) is 133 Å². The van der Waals surface area contributed by atoms with E-state index in [-0.39, 0.29) is 17.8 Å². The second kappa shape index (κ2) is 9.76. The molecular formula is C26H22F3N5O3. The molecule has 190 valence electrons. The van der Waals surface area contributed by atoms with Crippen LogP contribution >= 0.6 is 0 Å². The van der Waals surface area contributed by atoms with Crippen molar-refractivity contribution in [3.8, 4) is 11.3 Å². The maximum Gasteiger partial charge on any atom is 0.416 e. The molecule has 2 heterocycles. The van der Waals surface area contributed by atoms with Gasteiger partial charge in [0, 0.05) is 29.2 Å². The number of pyridine rings is 1. The van der Waals surface area contributed by atoms with E-state index < -0.39 is 35.5 Å². The van der Waals surface area contributed by atoms with E-state index in [4.69, 9.17) is 11.5 Å². The van der Waals surface area contributed by atoms with Gasteiger partial charge in [0.25, 0.3) is 11.8 Å². The number of fused-ring (bicyclic) bond motifs is 1. The van der Waals surface area contributed by atoms with Gasteiger partial charge < -0.3 is 21.4 Å². The highest BCUT2D eigenvalue weighted by Gasteiger charge is 2.30. The summed E-state index contributed by atoms with van der Waals surface area (Å²) in [5.74, 6) is -1.96. The lowest BCUT2D eigenvalue weighted by Gasteiger charge is -2.09. The van der Waals surface area contributed by atoms with Gasteiger partial charge in [-0.3, -0.25) is 14.4 Å². The summed E-state index contributed by atoms with van der Waals surface area (Å²) in [6.07, 6.45) is -2.89. The average Bonchev–Trinajstić information content (AvgIpc) is 3.21. The summed E-state index contributed by atoms with van der Waals surface area (Å²) in [5.41, 5.74) is 12.4. The summed E-state index contributed by atoms with van der Waals surface area (Å²) in [6.45, 7) is 1.63. The number of benzene rings is 2. The summed E-state index contributed by atoms with van der Waals surface area (Å²) in [6, 6.07) is 13.8. The predicted octanol–water partition coefficient (Wildman–Crippen LogP) is 3.47. The molecule has 0 saturated carbocycles. The minimum Gasteiger partial charge on any atom is -0.368 e. The van der Waals surface area contributed by atoms with E-state index in [0.717, 1.165) is 12.1 Å². The molecule has 0 unspecified atom stereocenters. The van der Waals surface area contributed by atoms with Gasteiger partial charge in [0.05, 0.1) is 16.8 Å². The molecule has 0 bridgehead atoms. The normalized spacial score (nSPS) is 12.3. The third-order valence-corrected chi connectivity index (χ3v) is 5.83. The van der Waals surface area contributed by atoms with Crippen LogP contribution in [0.15, 0.2) is 66.9 Å². The molecule has 3 amide bonds. The van der Waals surface area contributed by atoms with Crippen LogP contribution in [0.5, 0.6) is 0 Å². The van der Waals surface area contributed by atoms with Crippen LogP contribution in [0.2, 0.25) is 0 Å². The molecular weight excluding hydrogens is 487 g/mol. The maximum absolute atomic E-state index is 13.1. The number of alkyl halides is 3. The highest BCUT2D eigenvalue weighted by atomic mass is 19.4. The van der Waals surface area contributed by atoms with Crippen LogP contribution in [0, 0.1) is 0 Å². The van der Waals surface area contributed by atoms with Crippen molar-refractivity contribution in [2.75, 3.05) is 0 Å². The van der Waals surface area contributed by atoms with E-state index in [1.807, 2.05) is 0 Å². The predicted molar refractivity (Wildman–Crippen MR) is 130 cm³/mol. The van der Waals surface area contributed by atoms with Gasteiger partial charge in [-0.25, -0.2) is 4.98 Å². The SMILES string of the molecule is C[C@H](NC(=O)c1cn(Cc2ccc(C(F)(F)F)cc2)c2ccc(-c3cccc(C(N)=O)n3)cc12)C(N)=O. The number of amides is 3. The number of rotatable bonds is 7. The summed E-state index contributed by atoms with van der Waals surface area (Å²) in [7, 11) is 0. The molecule has 1 atom stereocenters. The highest BCUT2D eigenvalue weighted by Crippen LogP contribution is 2.31. The van der Waals surface area contributed by atoms with E-state index in [9.17, 15) is 27.6 Å². The molecule has 4 aromatic rings. The molecule has 8 nitrogen and oxygen atoms in total. The van der Waals surface area contributed by atoms with Gasteiger partial charge in [-0.1, -0.05) is 24.3 Å². The monoisotopic (exact) mass is 509 g/mol. The minimum absolute atomic E-state index is 0.0747. The Balaban J connectivity index is 1.78. The van der Waals surface area contributed by atoms with E-state index in [2.05, 4.69) is 10.3 Å². The third kappa shape index (κ3) is 5.45. The zero-order valence-electron chi connectivity index (χ0n) is 19.5. The number of carbonyl (C=O) groups is 3. The molecule has 37 heavy (non-hydrogen) atoms. The summed E-state index contributed by atoms with van der Waals surface area (Å²) < 4.78 is 40.5. The fraction of sp³-hybridized carbons (Fsp3) is 0.154. The van der Waals surface area contributed by atoms with Crippen LogP contribution < -0.4 is 16.8 Å². The van der Waals surface area contributed by atoms with Gasteiger partial charge in [0.1, 0.15) is 11.7 Å². The van der Waals surface area contributed by atoms with E-state index in [1.54, 1.807) is 41.1 Å². The fourth-order valence-electron chi connectivity index (χ4n) is 3.84. The Morgan fingerprint density at radius 2 is 1.73 bits per heavy atom. The Hall–Kier alpha value is -4.67. The molecule has 11 heteroatoms. The van der Waals surface area contributed by atoms with Crippen LogP contribution in [-0.2, 0) is 17.5 Å². The smallest absolute Gasteiger partial charge is 0.368 e. The van der Waals surface area contributed by atoms with Crippen molar-refractivity contribution < 1.29 is 27.6 Å². The Morgan fingerprint density at radius 1 is 1.03 bits per heavy atom. The zero-order valence-corrected chi connectivity index (χ0v) is 19.5. The molecule has 0 spiro atoms. The molecule has 4 rings (SSSR count). The second-order valence-electron chi connectivity index (χ2n) is 8.47. The number of halogens is 3. The lowest BCUT2D eigenvalue weighted by molar-refractivity contribution is -0.137. The number of nitrogens with zero attached hydrogens (tertiary/aromatic N) is 2. The average molecular weight is 509 g/mol. The highest BCUT2D eigenvalue weighted by molar-refractivity contribution is 6.09. The van der Waals surface area contributed by atoms with Gasteiger partial charge >= 0.3 is 6.18 Å². The lowest BCUT2D eigenvalue weighted by Crippen LogP contribution is -2.42. The van der Waals surface area contributed by atoms with Crippen LogP contribution in [0.25, 0.3) is 22.2 Å². The fourth-order valence-corrected chi connectivity index (χ4v) is 3.84. The van der Waals surface area contributed by atoms with Crippen molar-refractivity contribution in [1.29, 1.82) is 0 Å². The zero-order chi connectivity index (χ0) is 26.9. The quantitative estimate of drug-likeness (QED) is 0.352. The van der Waals surface area contributed by atoms with Gasteiger partial charge in [-0.2, -0.15) is 13.2 Å². The molecule has 0 aliphatic rings. The number of primary amides is 2. The van der Waals surface area contributed by atoms with Crippen molar-refractivity contribution in [3.05, 3.63) is 89.2 Å². The third-order valence-electron chi connectivity index (χ3n) is 5.83. The van der Waals surface area contributed by atoms with Crippen molar-refractivity contribution in [2.45, 2.75) is 25.7 Å². The molecule has 0 aliphatic heterocycles. The van der Waals surface area contributed by atoms with Gasteiger partial charge in [-0.15, -0.1) is 0 Å². The summed E-state index contributed by atoms with van der Waals surface area (Å²) in [5, 5.41) is 3.05. The number of nitrogens with two attached hydrogens (primary N) is 2. The Kier molecular flexibility index (Phi) is 6.71.